The number of para-hydroxylation sites is 2. The van der Waals surface area contributed by atoms with Gasteiger partial charge < -0.3 is 8.98 Å². The Balaban J connectivity index is 1.22. The maximum atomic E-state index is 6.53. The van der Waals surface area contributed by atoms with Crippen LogP contribution in [0.2, 0.25) is 13.1 Å². The molecule has 0 aliphatic carbocycles. The second-order valence-corrected chi connectivity index (χ2v) is 17.3. The zero-order valence-corrected chi connectivity index (χ0v) is 27.0. The van der Waals surface area contributed by atoms with Crippen molar-refractivity contribution in [2.45, 2.75) is 13.1 Å². The molecule has 5 heteroatoms. The average molecular weight is 620 g/mol. The van der Waals surface area contributed by atoms with Crippen LogP contribution in [-0.4, -0.2) is 22.6 Å². The summed E-state index contributed by atoms with van der Waals surface area (Å²) in [6, 6.07) is 49.4. The first-order chi connectivity index (χ1) is 23.1. The first kappa shape index (κ1) is 26.4. The van der Waals surface area contributed by atoms with E-state index in [1.54, 1.807) is 0 Å². The van der Waals surface area contributed by atoms with Crippen molar-refractivity contribution in [3.05, 3.63) is 140 Å². The normalized spacial score (nSPS) is 13.5. The highest BCUT2D eigenvalue weighted by Crippen LogP contribution is 2.41. The van der Waals surface area contributed by atoms with E-state index in [2.05, 4.69) is 145 Å². The lowest BCUT2D eigenvalue weighted by Crippen LogP contribution is -2.50. The van der Waals surface area contributed by atoms with Crippen LogP contribution in [-0.2, 0) is 0 Å². The molecule has 0 amide bonds. The minimum atomic E-state index is -2.06. The van der Waals surface area contributed by atoms with Crippen LogP contribution in [0.3, 0.4) is 0 Å². The summed E-state index contributed by atoms with van der Waals surface area (Å²) in [6.07, 6.45) is 0. The lowest BCUT2D eigenvalue weighted by Gasteiger charge is -2.19. The van der Waals surface area contributed by atoms with Gasteiger partial charge in [-0.2, -0.15) is 0 Å². The number of fused-ring (bicyclic) bond motifs is 10. The largest absolute Gasteiger partial charge is 0.455 e. The van der Waals surface area contributed by atoms with Crippen molar-refractivity contribution in [1.29, 1.82) is 0 Å². The van der Waals surface area contributed by atoms with Gasteiger partial charge >= 0.3 is 0 Å². The average Bonchev–Trinajstić information content (AvgIpc) is 3.74. The number of rotatable bonds is 3. The van der Waals surface area contributed by atoms with Crippen molar-refractivity contribution in [1.82, 2.24) is 14.5 Å². The monoisotopic (exact) mass is 619 g/mol. The van der Waals surface area contributed by atoms with Crippen molar-refractivity contribution in [3.8, 4) is 39.5 Å². The van der Waals surface area contributed by atoms with Gasteiger partial charge in [0.15, 0.2) is 5.82 Å². The predicted molar refractivity (Wildman–Crippen MR) is 197 cm³/mol. The summed E-state index contributed by atoms with van der Waals surface area (Å²) in [5.41, 5.74) is 10.7. The van der Waals surface area contributed by atoms with Crippen molar-refractivity contribution in [3.63, 3.8) is 0 Å². The molecule has 6 aromatic carbocycles. The number of hydrogen-bond donors (Lipinski definition) is 0. The van der Waals surface area contributed by atoms with E-state index in [-0.39, 0.29) is 0 Å². The Morgan fingerprint density at radius 2 is 1.34 bits per heavy atom. The first-order valence-corrected chi connectivity index (χ1v) is 19.1. The topological polar surface area (TPSA) is 43.9 Å². The number of hydrogen-bond acceptors (Lipinski definition) is 3. The maximum absolute atomic E-state index is 6.53. The molecule has 0 N–H and O–H groups in total. The van der Waals surface area contributed by atoms with Crippen LogP contribution < -0.4 is 10.5 Å². The Morgan fingerprint density at radius 1 is 0.596 bits per heavy atom. The second kappa shape index (κ2) is 9.61. The maximum Gasteiger partial charge on any atom is 0.159 e. The summed E-state index contributed by atoms with van der Waals surface area (Å²) in [5.74, 6) is 0.762. The molecular formula is C42H29N3OSi. The molecule has 0 saturated carbocycles. The summed E-state index contributed by atoms with van der Waals surface area (Å²) < 4.78 is 8.88. The highest BCUT2D eigenvalue weighted by molar-refractivity contribution is 7.03. The Morgan fingerprint density at radius 3 is 2.23 bits per heavy atom. The zero-order valence-electron chi connectivity index (χ0n) is 26.0. The van der Waals surface area contributed by atoms with Gasteiger partial charge in [-0.3, -0.25) is 0 Å². The zero-order chi connectivity index (χ0) is 31.3. The summed E-state index contributed by atoms with van der Waals surface area (Å²) >= 11 is 0. The molecule has 4 heterocycles. The summed E-state index contributed by atoms with van der Waals surface area (Å²) in [4.78, 5) is 10.8. The van der Waals surface area contributed by atoms with Crippen molar-refractivity contribution < 1.29 is 4.42 Å². The second-order valence-electron chi connectivity index (χ2n) is 13.0. The minimum Gasteiger partial charge on any atom is -0.455 e. The van der Waals surface area contributed by atoms with Gasteiger partial charge in [0.2, 0.25) is 0 Å². The first-order valence-electron chi connectivity index (χ1n) is 16.1. The van der Waals surface area contributed by atoms with Crippen LogP contribution in [0.5, 0.6) is 0 Å². The van der Waals surface area contributed by atoms with Crippen LogP contribution >= 0.6 is 0 Å². The molecule has 10 rings (SSSR count). The van der Waals surface area contributed by atoms with Crippen molar-refractivity contribution >= 4 is 62.3 Å². The predicted octanol–water partition coefficient (Wildman–Crippen LogP) is 9.61. The third-order valence-corrected chi connectivity index (χ3v) is 13.3. The molecule has 0 spiro atoms. The fourth-order valence-electron chi connectivity index (χ4n) is 7.77. The van der Waals surface area contributed by atoms with Gasteiger partial charge in [-0.05, 0) is 47.1 Å². The van der Waals surface area contributed by atoms with Gasteiger partial charge in [0.25, 0.3) is 0 Å². The lowest BCUT2D eigenvalue weighted by molar-refractivity contribution is 0.673. The van der Waals surface area contributed by atoms with E-state index in [0.717, 1.165) is 66.7 Å². The molecule has 3 aromatic heterocycles. The molecule has 0 unspecified atom stereocenters. The number of nitrogens with zero attached hydrogens (tertiary/aromatic N) is 3. The Labute approximate surface area is 272 Å². The molecular weight excluding hydrogens is 591 g/mol. The molecule has 1 aliphatic rings. The van der Waals surface area contributed by atoms with E-state index in [1.165, 1.54) is 27.0 Å². The number of aromatic nitrogens is 3. The molecule has 0 saturated heterocycles. The van der Waals surface area contributed by atoms with Crippen LogP contribution in [0.1, 0.15) is 0 Å². The van der Waals surface area contributed by atoms with Gasteiger partial charge in [0.1, 0.15) is 19.2 Å². The van der Waals surface area contributed by atoms with Crippen LogP contribution in [0.25, 0.3) is 83.2 Å². The quantitative estimate of drug-likeness (QED) is 0.185. The van der Waals surface area contributed by atoms with Gasteiger partial charge in [-0.15, -0.1) is 0 Å². The van der Waals surface area contributed by atoms with E-state index in [4.69, 9.17) is 14.4 Å². The van der Waals surface area contributed by atoms with Crippen LogP contribution in [0.15, 0.2) is 144 Å². The SMILES string of the molecule is C[Si]1(C)c2ccccc2-c2c(-c3ccccc3)nc(-c3cccc(-n4c5ccccc5c5c6oc7ccccc7c6ccc54)c3)nc21. The van der Waals surface area contributed by atoms with E-state index in [1.807, 2.05) is 12.1 Å². The standard InChI is InChI=1S/C42H29N3OSi/c1-47(2)36-22-11-8-19-32(36)38-39(26-13-4-3-5-14-26)43-41(44-42(38)47)27-15-12-16-28(25-27)45-33-20-9-6-18-31(33)37-34(45)24-23-30-29-17-7-10-21-35(29)46-40(30)37/h3-25H,1-2H3. The molecule has 9 aromatic rings. The Bertz CT molecular complexity index is 2720. The van der Waals surface area contributed by atoms with Gasteiger partial charge in [0, 0.05) is 43.9 Å². The lowest BCUT2D eigenvalue weighted by atomic mass is 10.0. The summed E-state index contributed by atoms with van der Waals surface area (Å²) in [5, 5.41) is 7.21. The minimum absolute atomic E-state index is 0.762. The van der Waals surface area contributed by atoms with E-state index >= 15 is 0 Å². The number of benzene rings is 6. The molecule has 0 bridgehead atoms. The van der Waals surface area contributed by atoms with Crippen LogP contribution in [0, 0.1) is 0 Å². The van der Waals surface area contributed by atoms with Gasteiger partial charge in [-0.25, -0.2) is 9.97 Å². The third kappa shape index (κ3) is 3.69. The molecule has 47 heavy (non-hydrogen) atoms. The number of furan rings is 1. The molecule has 1 aliphatic heterocycles. The molecule has 0 atom stereocenters. The third-order valence-electron chi connectivity index (χ3n) is 9.96. The fourth-order valence-corrected chi connectivity index (χ4v) is 10.7. The summed E-state index contributed by atoms with van der Waals surface area (Å²) in [7, 11) is -2.06. The highest BCUT2D eigenvalue weighted by atomic mass is 28.3. The van der Waals surface area contributed by atoms with Crippen molar-refractivity contribution in [2.75, 3.05) is 0 Å². The Kier molecular flexibility index (Phi) is 5.41. The van der Waals surface area contributed by atoms with E-state index < -0.39 is 8.07 Å². The van der Waals surface area contributed by atoms with E-state index in [9.17, 15) is 0 Å². The molecule has 4 nitrogen and oxygen atoms in total. The molecule has 222 valence electrons. The smallest absolute Gasteiger partial charge is 0.159 e. The van der Waals surface area contributed by atoms with Crippen molar-refractivity contribution in [2.24, 2.45) is 0 Å². The fraction of sp³-hybridized carbons (Fsp3) is 0.0476. The Hall–Kier alpha value is -5.78. The van der Waals surface area contributed by atoms with Crippen LogP contribution in [0.4, 0.5) is 0 Å². The van der Waals surface area contributed by atoms with Gasteiger partial charge in [0.05, 0.1) is 22.1 Å². The summed E-state index contributed by atoms with van der Waals surface area (Å²) in [6.45, 7) is 4.83. The molecule has 0 fully saturated rings. The van der Waals surface area contributed by atoms with E-state index in [0.29, 0.717) is 0 Å². The van der Waals surface area contributed by atoms with Gasteiger partial charge in [-0.1, -0.05) is 116 Å². The highest BCUT2D eigenvalue weighted by Gasteiger charge is 2.41. The molecule has 0 radical (unpaired) electrons.